The van der Waals surface area contributed by atoms with Crippen molar-refractivity contribution in [1.29, 1.82) is 0 Å². The second-order valence-corrected chi connectivity index (χ2v) is 5.13. The monoisotopic (exact) mass is 299 g/mol. The summed E-state index contributed by atoms with van der Waals surface area (Å²) >= 11 is 0. The number of pyridine rings is 1. The van der Waals surface area contributed by atoms with Crippen LogP contribution in [-0.2, 0) is 11.3 Å². The molecule has 5 heteroatoms. The van der Waals surface area contributed by atoms with E-state index in [-0.39, 0.29) is 18.0 Å². The van der Waals surface area contributed by atoms with Crippen LogP contribution in [0.2, 0.25) is 0 Å². The van der Waals surface area contributed by atoms with Crippen LogP contribution < -0.4 is 15.8 Å². The molecule has 2 aromatic rings. The Balaban J connectivity index is 1.69. The zero-order valence-corrected chi connectivity index (χ0v) is 12.7. The first-order valence-electron chi connectivity index (χ1n) is 7.35. The quantitative estimate of drug-likeness (QED) is 0.788. The standard InChI is InChI=1S/C17H21N3O2/c1-19(15-8-3-2-4-9-15)12-7-11-18-16(21)14-20-13-6-5-10-17(20)22/h2-6,8-10,13H,7,11-12,14H2,1H3,(H,18,21). The summed E-state index contributed by atoms with van der Waals surface area (Å²) in [7, 11) is 2.03. The molecule has 5 nitrogen and oxygen atoms in total. The molecule has 1 aromatic heterocycles. The first-order valence-corrected chi connectivity index (χ1v) is 7.35. The van der Waals surface area contributed by atoms with Crippen LogP contribution in [0.4, 0.5) is 5.69 Å². The molecule has 0 atom stereocenters. The van der Waals surface area contributed by atoms with E-state index in [4.69, 9.17) is 0 Å². The fourth-order valence-corrected chi connectivity index (χ4v) is 2.16. The smallest absolute Gasteiger partial charge is 0.250 e. The number of amides is 1. The van der Waals surface area contributed by atoms with Gasteiger partial charge in [0, 0.05) is 38.1 Å². The summed E-state index contributed by atoms with van der Waals surface area (Å²) in [6.45, 7) is 1.52. The third-order valence-electron chi connectivity index (χ3n) is 3.40. The van der Waals surface area contributed by atoms with Crippen molar-refractivity contribution in [1.82, 2.24) is 9.88 Å². The van der Waals surface area contributed by atoms with Gasteiger partial charge < -0.3 is 14.8 Å². The molecule has 0 fully saturated rings. The van der Waals surface area contributed by atoms with Gasteiger partial charge in [-0.3, -0.25) is 9.59 Å². The van der Waals surface area contributed by atoms with E-state index in [9.17, 15) is 9.59 Å². The summed E-state index contributed by atoms with van der Waals surface area (Å²) in [4.78, 5) is 25.4. The van der Waals surface area contributed by atoms with Gasteiger partial charge >= 0.3 is 0 Å². The van der Waals surface area contributed by atoms with Crippen molar-refractivity contribution in [2.45, 2.75) is 13.0 Å². The lowest BCUT2D eigenvalue weighted by Crippen LogP contribution is -2.33. The molecule has 0 saturated heterocycles. The van der Waals surface area contributed by atoms with Gasteiger partial charge in [-0.2, -0.15) is 0 Å². The number of nitrogens with zero attached hydrogens (tertiary/aromatic N) is 2. The molecule has 0 saturated carbocycles. The number of carbonyl (C=O) groups is 1. The highest BCUT2D eigenvalue weighted by atomic mass is 16.2. The maximum absolute atomic E-state index is 11.8. The van der Waals surface area contributed by atoms with Crippen LogP contribution in [0.3, 0.4) is 0 Å². The van der Waals surface area contributed by atoms with Crippen molar-refractivity contribution in [3.05, 3.63) is 65.1 Å². The van der Waals surface area contributed by atoms with Gasteiger partial charge in [0.15, 0.2) is 0 Å². The first kappa shape index (κ1) is 15.8. The van der Waals surface area contributed by atoms with Crippen LogP contribution in [-0.4, -0.2) is 30.6 Å². The number of carbonyl (C=O) groups excluding carboxylic acids is 1. The number of nitrogens with one attached hydrogen (secondary N) is 1. The summed E-state index contributed by atoms with van der Waals surface area (Å²) in [5, 5.41) is 2.84. The fourth-order valence-electron chi connectivity index (χ4n) is 2.16. The molecule has 0 aliphatic carbocycles. The van der Waals surface area contributed by atoms with E-state index in [0.29, 0.717) is 6.54 Å². The molecule has 1 N–H and O–H groups in total. The highest BCUT2D eigenvalue weighted by Gasteiger charge is 2.04. The number of anilines is 1. The van der Waals surface area contributed by atoms with Gasteiger partial charge in [0.05, 0.1) is 0 Å². The van der Waals surface area contributed by atoms with Crippen LogP contribution in [0.1, 0.15) is 6.42 Å². The lowest BCUT2D eigenvalue weighted by atomic mass is 10.3. The zero-order valence-electron chi connectivity index (χ0n) is 12.7. The second-order valence-electron chi connectivity index (χ2n) is 5.13. The molecule has 1 aromatic carbocycles. The Labute approximate surface area is 130 Å². The molecule has 0 aliphatic heterocycles. The third-order valence-corrected chi connectivity index (χ3v) is 3.40. The zero-order chi connectivity index (χ0) is 15.8. The number of para-hydroxylation sites is 1. The van der Waals surface area contributed by atoms with Gasteiger partial charge in [-0.05, 0) is 24.6 Å². The molecular weight excluding hydrogens is 278 g/mol. The third kappa shape index (κ3) is 4.77. The largest absolute Gasteiger partial charge is 0.375 e. The van der Waals surface area contributed by atoms with Crippen molar-refractivity contribution in [2.24, 2.45) is 0 Å². The minimum atomic E-state index is -0.165. The Morgan fingerprint density at radius 1 is 1.14 bits per heavy atom. The van der Waals surface area contributed by atoms with Gasteiger partial charge in [0.25, 0.3) is 5.56 Å². The highest BCUT2D eigenvalue weighted by molar-refractivity contribution is 5.75. The maximum Gasteiger partial charge on any atom is 0.250 e. The van der Waals surface area contributed by atoms with Crippen molar-refractivity contribution in [3.63, 3.8) is 0 Å². The molecule has 0 bridgehead atoms. The second kappa shape index (κ2) is 8.02. The maximum atomic E-state index is 11.8. The molecule has 2 rings (SSSR count). The van der Waals surface area contributed by atoms with Crippen molar-refractivity contribution in [2.75, 3.05) is 25.0 Å². The number of rotatable bonds is 7. The predicted molar refractivity (Wildman–Crippen MR) is 88.0 cm³/mol. The summed E-state index contributed by atoms with van der Waals surface area (Å²) in [5.41, 5.74) is 0.992. The van der Waals surface area contributed by atoms with Gasteiger partial charge in [-0.25, -0.2) is 0 Å². The number of aromatic nitrogens is 1. The highest BCUT2D eigenvalue weighted by Crippen LogP contribution is 2.10. The molecular formula is C17H21N3O2. The van der Waals surface area contributed by atoms with E-state index < -0.39 is 0 Å². The molecule has 0 radical (unpaired) electrons. The molecule has 0 aliphatic rings. The van der Waals surface area contributed by atoms with Crippen LogP contribution >= 0.6 is 0 Å². The molecule has 0 spiro atoms. The van der Waals surface area contributed by atoms with Crippen LogP contribution in [0.5, 0.6) is 0 Å². The van der Waals surface area contributed by atoms with E-state index >= 15 is 0 Å². The van der Waals surface area contributed by atoms with E-state index in [1.807, 2.05) is 25.2 Å². The SMILES string of the molecule is CN(CCCNC(=O)Cn1ccccc1=O)c1ccccc1. The number of hydrogen-bond donors (Lipinski definition) is 1. The van der Waals surface area contributed by atoms with Crippen LogP contribution in [0.25, 0.3) is 0 Å². The van der Waals surface area contributed by atoms with E-state index in [0.717, 1.165) is 18.7 Å². The van der Waals surface area contributed by atoms with E-state index in [1.165, 1.54) is 10.6 Å². The Kier molecular flexibility index (Phi) is 5.77. The fraction of sp³-hybridized carbons (Fsp3) is 0.294. The minimum Gasteiger partial charge on any atom is -0.375 e. The van der Waals surface area contributed by atoms with Gasteiger partial charge in [-0.1, -0.05) is 24.3 Å². The number of benzene rings is 1. The average Bonchev–Trinajstić information content (AvgIpc) is 2.54. The van der Waals surface area contributed by atoms with Crippen LogP contribution in [0, 0.1) is 0 Å². The summed E-state index contributed by atoms with van der Waals surface area (Å²) in [6, 6.07) is 15.0. The van der Waals surface area contributed by atoms with Gasteiger partial charge in [-0.15, -0.1) is 0 Å². The molecule has 116 valence electrons. The Morgan fingerprint density at radius 3 is 2.59 bits per heavy atom. The lowest BCUT2D eigenvalue weighted by molar-refractivity contribution is -0.121. The van der Waals surface area contributed by atoms with Crippen molar-refractivity contribution < 1.29 is 4.79 Å². The molecule has 1 heterocycles. The minimum absolute atomic E-state index is 0.0637. The van der Waals surface area contributed by atoms with Gasteiger partial charge in [0.1, 0.15) is 6.54 Å². The molecule has 22 heavy (non-hydrogen) atoms. The predicted octanol–water partition coefficient (Wildman–Crippen LogP) is 1.49. The average molecular weight is 299 g/mol. The first-order chi connectivity index (χ1) is 10.7. The molecule has 1 amide bonds. The van der Waals surface area contributed by atoms with Gasteiger partial charge in [0.2, 0.25) is 5.91 Å². The van der Waals surface area contributed by atoms with E-state index in [2.05, 4.69) is 22.3 Å². The topological polar surface area (TPSA) is 54.3 Å². The van der Waals surface area contributed by atoms with E-state index in [1.54, 1.807) is 18.3 Å². The normalized spacial score (nSPS) is 10.2. The van der Waals surface area contributed by atoms with Crippen molar-refractivity contribution >= 4 is 11.6 Å². The Morgan fingerprint density at radius 2 is 1.86 bits per heavy atom. The Bertz CT molecular complexity index is 652. The number of hydrogen-bond acceptors (Lipinski definition) is 3. The summed E-state index contributed by atoms with van der Waals surface area (Å²) in [6.07, 6.45) is 2.46. The van der Waals surface area contributed by atoms with Crippen molar-refractivity contribution in [3.8, 4) is 0 Å². The lowest BCUT2D eigenvalue weighted by Gasteiger charge is -2.19. The Hall–Kier alpha value is -2.56. The van der Waals surface area contributed by atoms with Crippen LogP contribution in [0.15, 0.2) is 59.5 Å². The molecule has 0 unspecified atom stereocenters. The summed E-state index contributed by atoms with van der Waals surface area (Å²) in [5.74, 6) is -0.143. The summed E-state index contributed by atoms with van der Waals surface area (Å²) < 4.78 is 1.39.